The Labute approximate surface area is 103 Å². The van der Waals surface area contributed by atoms with Crippen molar-refractivity contribution in [3.05, 3.63) is 48.5 Å². The van der Waals surface area contributed by atoms with Gasteiger partial charge in [0.25, 0.3) is 0 Å². The van der Waals surface area contributed by atoms with Gasteiger partial charge in [-0.3, -0.25) is 5.14 Å². The van der Waals surface area contributed by atoms with Crippen molar-refractivity contribution in [1.29, 1.82) is 0 Å². The number of rotatable bonds is 2. The molecular weight excluding hydrogens is 230 g/mol. The summed E-state index contributed by atoms with van der Waals surface area (Å²) in [5.74, 6) is 0.889. The van der Waals surface area contributed by atoms with Gasteiger partial charge in [0.1, 0.15) is 5.82 Å². The van der Waals surface area contributed by atoms with E-state index in [0.717, 1.165) is 27.3 Å². The molecule has 1 aromatic heterocycles. The normalized spacial score (nSPS) is 10.9. The van der Waals surface area contributed by atoms with Gasteiger partial charge >= 0.3 is 0 Å². The van der Waals surface area contributed by atoms with Crippen LogP contribution < -0.4 is 5.14 Å². The van der Waals surface area contributed by atoms with Crippen LogP contribution in [0.1, 0.15) is 0 Å². The van der Waals surface area contributed by atoms with Gasteiger partial charge in [0.15, 0.2) is 0 Å². The average Bonchev–Trinajstić information content (AvgIpc) is 2.82. The fourth-order valence-corrected chi connectivity index (χ4v) is 2.13. The summed E-state index contributed by atoms with van der Waals surface area (Å²) in [6.07, 6.45) is 0. The van der Waals surface area contributed by atoms with Gasteiger partial charge in [0, 0.05) is 10.5 Å². The average molecular weight is 241 g/mol. The third-order valence-electron chi connectivity index (χ3n) is 2.64. The Bertz CT molecular complexity index is 646. The van der Waals surface area contributed by atoms with E-state index >= 15 is 0 Å². The molecule has 0 spiro atoms. The number of aromatic amines is 1. The number of imidazole rings is 1. The molecule has 2 aromatic carbocycles. The van der Waals surface area contributed by atoms with E-state index in [9.17, 15) is 0 Å². The van der Waals surface area contributed by atoms with Crippen LogP contribution in [-0.2, 0) is 0 Å². The van der Waals surface area contributed by atoms with Gasteiger partial charge < -0.3 is 4.98 Å². The van der Waals surface area contributed by atoms with Crippen LogP contribution in [0, 0.1) is 0 Å². The molecule has 0 bridgehead atoms. The molecule has 0 saturated carbocycles. The molecule has 0 saturated heterocycles. The van der Waals surface area contributed by atoms with E-state index in [4.69, 9.17) is 5.14 Å². The maximum Gasteiger partial charge on any atom is 0.138 e. The van der Waals surface area contributed by atoms with Gasteiger partial charge in [-0.2, -0.15) is 0 Å². The fourth-order valence-electron chi connectivity index (χ4n) is 1.79. The van der Waals surface area contributed by atoms with Crippen molar-refractivity contribution < 1.29 is 0 Å². The third kappa shape index (κ3) is 1.92. The molecular formula is C13H11N3S. The van der Waals surface area contributed by atoms with Crippen LogP contribution in [0.25, 0.3) is 22.4 Å². The molecule has 0 radical (unpaired) electrons. The van der Waals surface area contributed by atoms with Crippen molar-refractivity contribution in [2.24, 2.45) is 5.14 Å². The van der Waals surface area contributed by atoms with Crippen molar-refractivity contribution in [2.45, 2.75) is 4.90 Å². The van der Waals surface area contributed by atoms with E-state index in [-0.39, 0.29) is 0 Å². The van der Waals surface area contributed by atoms with Crippen LogP contribution in [0.5, 0.6) is 0 Å². The number of hydrogen-bond acceptors (Lipinski definition) is 3. The van der Waals surface area contributed by atoms with Crippen molar-refractivity contribution >= 4 is 23.0 Å². The maximum atomic E-state index is 5.54. The van der Waals surface area contributed by atoms with Crippen molar-refractivity contribution in [2.75, 3.05) is 0 Å². The Morgan fingerprint density at radius 1 is 1.06 bits per heavy atom. The first-order valence-electron chi connectivity index (χ1n) is 5.29. The number of nitrogens with one attached hydrogen (secondary N) is 1. The molecule has 3 rings (SSSR count). The molecule has 0 fully saturated rings. The lowest BCUT2D eigenvalue weighted by Gasteiger charge is -1.94. The van der Waals surface area contributed by atoms with Gasteiger partial charge in [-0.1, -0.05) is 30.3 Å². The lowest BCUT2D eigenvalue weighted by molar-refractivity contribution is 1.34. The molecule has 0 aliphatic heterocycles. The van der Waals surface area contributed by atoms with E-state index in [2.05, 4.69) is 9.97 Å². The van der Waals surface area contributed by atoms with Crippen LogP contribution in [0.15, 0.2) is 53.4 Å². The zero-order valence-corrected chi connectivity index (χ0v) is 9.87. The zero-order chi connectivity index (χ0) is 11.7. The summed E-state index contributed by atoms with van der Waals surface area (Å²) in [6.45, 7) is 0. The third-order valence-corrected chi connectivity index (χ3v) is 3.16. The maximum absolute atomic E-state index is 5.54. The van der Waals surface area contributed by atoms with E-state index in [0.29, 0.717) is 0 Å². The first-order valence-corrected chi connectivity index (χ1v) is 6.17. The zero-order valence-electron chi connectivity index (χ0n) is 9.05. The van der Waals surface area contributed by atoms with Crippen LogP contribution in [0.2, 0.25) is 0 Å². The number of H-pyrrole nitrogens is 1. The van der Waals surface area contributed by atoms with E-state index in [1.807, 2.05) is 48.5 Å². The second-order valence-electron chi connectivity index (χ2n) is 3.75. The first-order chi connectivity index (χ1) is 8.36. The quantitative estimate of drug-likeness (QED) is 0.677. The smallest absolute Gasteiger partial charge is 0.138 e. The van der Waals surface area contributed by atoms with Crippen LogP contribution in [-0.4, -0.2) is 9.97 Å². The predicted molar refractivity (Wildman–Crippen MR) is 71.6 cm³/mol. The minimum atomic E-state index is 0.889. The number of aromatic nitrogens is 2. The minimum Gasteiger partial charge on any atom is -0.338 e. The Morgan fingerprint density at radius 3 is 2.65 bits per heavy atom. The highest BCUT2D eigenvalue weighted by Crippen LogP contribution is 2.23. The molecule has 3 N–H and O–H groups in total. The Kier molecular flexibility index (Phi) is 2.59. The molecule has 0 aliphatic carbocycles. The van der Waals surface area contributed by atoms with Gasteiger partial charge in [-0.25, -0.2) is 4.98 Å². The van der Waals surface area contributed by atoms with E-state index in [1.54, 1.807) is 0 Å². The molecule has 84 valence electrons. The summed E-state index contributed by atoms with van der Waals surface area (Å²) in [7, 11) is 0. The molecule has 0 unspecified atom stereocenters. The lowest BCUT2D eigenvalue weighted by atomic mass is 10.2. The fraction of sp³-hybridized carbons (Fsp3) is 0. The van der Waals surface area contributed by atoms with E-state index in [1.165, 1.54) is 11.9 Å². The van der Waals surface area contributed by atoms with Crippen LogP contribution in [0.4, 0.5) is 0 Å². The van der Waals surface area contributed by atoms with E-state index < -0.39 is 0 Å². The summed E-state index contributed by atoms with van der Waals surface area (Å²) in [4.78, 5) is 8.89. The Balaban J connectivity index is 2.14. The monoisotopic (exact) mass is 241 g/mol. The number of benzene rings is 2. The highest BCUT2D eigenvalue weighted by molar-refractivity contribution is 7.97. The standard InChI is InChI=1S/C13H11N3S/c14-17-10-6-7-11-12(8-10)16-13(15-11)9-4-2-1-3-5-9/h1-8H,14H2,(H,15,16). The van der Waals surface area contributed by atoms with Gasteiger partial charge in [0.05, 0.1) is 11.0 Å². The number of nitrogens with zero attached hydrogens (tertiary/aromatic N) is 1. The molecule has 3 aromatic rings. The highest BCUT2D eigenvalue weighted by Gasteiger charge is 2.05. The second-order valence-corrected chi connectivity index (χ2v) is 4.46. The van der Waals surface area contributed by atoms with Crippen molar-refractivity contribution in [3.8, 4) is 11.4 Å². The highest BCUT2D eigenvalue weighted by atomic mass is 32.2. The summed E-state index contributed by atoms with van der Waals surface area (Å²) in [6, 6.07) is 16.0. The van der Waals surface area contributed by atoms with Gasteiger partial charge in [-0.05, 0) is 30.1 Å². The molecule has 0 aliphatic rings. The van der Waals surface area contributed by atoms with Crippen LogP contribution >= 0.6 is 11.9 Å². The first kappa shape index (κ1) is 10.4. The molecule has 3 nitrogen and oxygen atoms in total. The Hall–Kier alpha value is -1.78. The van der Waals surface area contributed by atoms with Gasteiger partial charge in [0.2, 0.25) is 0 Å². The topological polar surface area (TPSA) is 54.7 Å². The predicted octanol–water partition coefficient (Wildman–Crippen LogP) is 3.20. The summed E-state index contributed by atoms with van der Waals surface area (Å²) in [5, 5.41) is 5.54. The number of nitrogens with two attached hydrogens (primary N) is 1. The lowest BCUT2D eigenvalue weighted by Crippen LogP contribution is -1.79. The van der Waals surface area contributed by atoms with Gasteiger partial charge in [-0.15, -0.1) is 0 Å². The SMILES string of the molecule is NSc1ccc2nc(-c3ccccc3)[nH]c2c1. The minimum absolute atomic E-state index is 0.889. The number of hydrogen-bond donors (Lipinski definition) is 2. The largest absolute Gasteiger partial charge is 0.338 e. The molecule has 4 heteroatoms. The van der Waals surface area contributed by atoms with Crippen LogP contribution in [0.3, 0.4) is 0 Å². The summed E-state index contributed by atoms with van der Waals surface area (Å²) < 4.78 is 0. The molecule has 1 heterocycles. The summed E-state index contributed by atoms with van der Waals surface area (Å²) in [5.41, 5.74) is 3.06. The molecule has 0 amide bonds. The second kappa shape index (κ2) is 4.24. The van der Waals surface area contributed by atoms with Crippen molar-refractivity contribution in [1.82, 2.24) is 9.97 Å². The molecule has 0 atom stereocenters. The number of fused-ring (bicyclic) bond motifs is 1. The molecule has 17 heavy (non-hydrogen) atoms. The summed E-state index contributed by atoms with van der Waals surface area (Å²) >= 11 is 1.24. The Morgan fingerprint density at radius 2 is 1.88 bits per heavy atom. The van der Waals surface area contributed by atoms with Crippen molar-refractivity contribution in [3.63, 3.8) is 0 Å².